The fourth-order valence-electron chi connectivity index (χ4n) is 6.66. The number of hydrogen-bond acceptors (Lipinski definition) is 6. The summed E-state index contributed by atoms with van der Waals surface area (Å²) in [6.45, 7) is 11.1. The SMILES string of the molecule is COc1cc(C(N)=O)ccc1NC(=O)[C@@H]1N[C@@H](CC(C)(C)C)[C@@]2(CNc3cc(C(C)C)ncc32)[C@H]1c1cccc(Cl)c1F. The van der Waals surface area contributed by atoms with Gasteiger partial charge in [-0.25, -0.2) is 4.39 Å². The highest BCUT2D eigenvalue weighted by Crippen LogP contribution is 2.56. The standard InChI is InChI=1S/C33H39ClFN5O3/c1-17(2)23-13-24-20(15-37-23)33(16-38-24)26(14-32(3,4)5)40-29(27(33)19-8-7-9-21(34)28(19)35)31(42)39-22-11-10-18(30(36)41)12-25(22)43-6/h7-13,15,17,26-27,29,38,40H,14,16H2,1-6H3,(H2,36,41)(H,39,42)/t26-,27-,29+,33-/m0/s1. The molecular weight excluding hydrogens is 569 g/mol. The van der Waals surface area contributed by atoms with E-state index in [9.17, 15) is 9.59 Å². The van der Waals surface area contributed by atoms with Crippen LogP contribution in [0.25, 0.3) is 0 Å². The Bertz CT molecular complexity index is 1570. The zero-order valence-corrected chi connectivity index (χ0v) is 26.1. The summed E-state index contributed by atoms with van der Waals surface area (Å²) in [6.07, 6.45) is 2.60. The molecule has 2 aliphatic heterocycles. The average Bonchev–Trinajstić information content (AvgIpc) is 3.48. The number of rotatable bonds is 7. The van der Waals surface area contributed by atoms with Crippen LogP contribution in [0, 0.1) is 11.2 Å². The third kappa shape index (κ3) is 5.56. The molecule has 0 radical (unpaired) electrons. The van der Waals surface area contributed by atoms with Gasteiger partial charge < -0.3 is 26.4 Å². The topological polar surface area (TPSA) is 118 Å². The van der Waals surface area contributed by atoms with E-state index in [0.717, 1.165) is 16.9 Å². The fourth-order valence-corrected chi connectivity index (χ4v) is 6.84. The zero-order chi connectivity index (χ0) is 31.3. The number of nitrogens with zero attached hydrogens (tertiary/aromatic N) is 1. The molecule has 1 aromatic heterocycles. The van der Waals surface area contributed by atoms with E-state index in [1.807, 2.05) is 6.20 Å². The molecule has 0 bridgehead atoms. The summed E-state index contributed by atoms with van der Waals surface area (Å²) in [7, 11) is 1.45. The van der Waals surface area contributed by atoms with E-state index >= 15 is 4.39 Å². The number of anilines is 2. The molecule has 5 rings (SSSR count). The van der Waals surface area contributed by atoms with Crippen LogP contribution in [0.5, 0.6) is 5.75 Å². The maximum absolute atomic E-state index is 16.0. The van der Waals surface area contributed by atoms with Crippen LogP contribution >= 0.6 is 11.6 Å². The number of hydrogen-bond donors (Lipinski definition) is 4. The van der Waals surface area contributed by atoms with Crippen molar-refractivity contribution in [1.82, 2.24) is 10.3 Å². The number of nitrogens with one attached hydrogen (secondary N) is 3. The predicted molar refractivity (Wildman–Crippen MR) is 168 cm³/mol. The molecule has 2 aliphatic rings. The van der Waals surface area contributed by atoms with E-state index in [0.29, 0.717) is 24.2 Å². The first-order valence-corrected chi connectivity index (χ1v) is 14.9. The summed E-state index contributed by atoms with van der Waals surface area (Å²) in [5.74, 6) is -1.66. The number of carbonyl (C=O) groups excluding carboxylic acids is 2. The highest BCUT2D eigenvalue weighted by molar-refractivity contribution is 6.30. The first kappa shape index (κ1) is 30.8. The van der Waals surface area contributed by atoms with E-state index in [4.69, 9.17) is 27.1 Å². The highest BCUT2D eigenvalue weighted by Gasteiger charge is 2.62. The van der Waals surface area contributed by atoms with Gasteiger partial charge in [0.2, 0.25) is 11.8 Å². The van der Waals surface area contributed by atoms with Crippen molar-refractivity contribution in [2.75, 3.05) is 24.3 Å². The number of pyridine rings is 1. The monoisotopic (exact) mass is 607 g/mol. The Kier molecular flexibility index (Phi) is 8.17. The lowest BCUT2D eigenvalue weighted by atomic mass is 9.63. The Morgan fingerprint density at radius 3 is 2.63 bits per heavy atom. The lowest BCUT2D eigenvalue weighted by molar-refractivity contribution is -0.118. The van der Waals surface area contributed by atoms with Crippen molar-refractivity contribution >= 4 is 34.8 Å². The second-order valence-electron chi connectivity index (χ2n) is 13.1. The van der Waals surface area contributed by atoms with Gasteiger partial charge in [-0.15, -0.1) is 0 Å². The first-order chi connectivity index (χ1) is 20.3. The Labute approximate surface area is 256 Å². The van der Waals surface area contributed by atoms with Crippen molar-refractivity contribution in [2.45, 2.75) is 70.4 Å². The highest BCUT2D eigenvalue weighted by atomic mass is 35.5. The quantitative estimate of drug-likeness (QED) is 0.263. The zero-order valence-electron chi connectivity index (χ0n) is 25.3. The Morgan fingerprint density at radius 1 is 1.23 bits per heavy atom. The van der Waals surface area contributed by atoms with E-state index in [-0.39, 0.29) is 39.6 Å². The fraction of sp³-hybridized carbons (Fsp3) is 0.424. The predicted octanol–water partition coefficient (Wildman–Crippen LogP) is 5.97. The number of ether oxygens (including phenoxy) is 1. The molecule has 5 N–H and O–H groups in total. The molecule has 4 atom stereocenters. The van der Waals surface area contributed by atoms with E-state index < -0.39 is 29.1 Å². The van der Waals surface area contributed by atoms with Crippen LogP contribution in [0.4, 0.5) is 15.8 Å². The summed E-state index contributed by atoms with van der Waals surface area (Å²) in [5, 5.41) is 10.2. The number of primary amides is 1. The van der Waals surface area contributed by atoms with Gasteiger partial charge in [-0.2, -0.15) is 0 Å². The van der Waals surface area contributed by atoms with E-state index in [1.54, 1.807) is 18.2 Å². The first-order valence-electron chi connectivity index (χ1n) is 14.5. The number of methoxy groups -OCH3 is 1. The van der Waals surface area contributed by atoms with Crippen molar-refractivity contribution in [3.05, 3.63) is 81.9 Å². The molecule has 1 spiro atoms. The lowest BCUT2D eigenvalue weighted by Crippen LogP contribution is -2.46. The van der Waals surface area contributed by atoms with Gasteiger partial charge in [0, 0.05) is 52.6 Å². The summed E-state index contributed by atoms with van der Waals surface area (Å²) in [5.41, 5.74) is 8.42. The Balaban J connectivity index is 1.67. The van der Waals surface area contributed by atoms with Gasteiger partial charge in [-0.05, 0) is 53.6 Å². The van der Waals surface area contributed by atoms with Crippen LogP contribution in [0.2, 0.25) is 5.02 Å². The average molecular weight is 608 g/mol. The van der Waals surface area contributed by atoms with Crippen LogP contribution in [-0.4, -0.2) is 42.5 Å². The van der Waals surface area contributed by atoms with Crippen molar-refractivity contribution in [2.24, 2.45) is 11.1 Å². The molecule has 3 heterocycles. The van der Waals surface area contributed by atoms with Crippen molar-refractivity contribution in [3.63, 3.8) is 0 Å². The number of carbonyl (C=O) groups is 2. The van der Waals surface area contributed by atoms with Gasteiger partial charge in [0.1, 0.15) is 11.6 Å². The molecule has 2 aromatic carbocycles. The number of benzene rings is 2. The normalized spacial score (nSPS) is 22.9. The summed E-state index contributed by atoms with van der Waals surface area (Å²) in [4.78, 5) is 30.8. The minimum Gasteiger partial charge on any atom is -0.495 e. The second-order valence-corrected chi connectivity index (χ2v) is 13.5. The van der Waals surface area contributed by atoms with Crippen molar-refractivity contribution in [1.29, 1.82) is 0 Å². The molecule has 0 aliphatic carbocycles. The second kappa shape index (κ2) is 11.4. The molecular formula is C33H39ClFN5O3. The summed E-state index contributed by atoms with van der Waals surface area (Å²) < 4.78 is 21.5. The van der Waals surface area contributed by atoms with Crippen molar-refractivity contribution in [3.8, 4) is 5.75 Å². The molecule has 1 fully saturated rings. The van der Waals surface area contributed by atoms with Crippen LogP contribution in [0.15, 0.2) is 48.7 Å². The number of fused-ring (bicyclic) bond motifs is 2. The maximum atomic E-state index is 16.0. The number of amides is 2. The summed E-state index contributed by atoms with van der Waals surface area (Å²) >= 11 is 6.34. The third-order valence-electron chi connectivity index (χ3n) is 8.64. The number of aromatic nitrogens is 1. The largest absolute Gasteiger partial charge is 0.495 e. The minimum absolute atomic E-state index is 0.00532. The van der Waals surface area contributed by atoms with Gasteiger partial charge in [0.25, 0.3) is 0 Å². The summed E-state index contributed by atoms with van der Waals surface area (Å²) in [6, 6.07) is 10.5. The van der Waals surface area contributed by atoms with Crippen LogP contribution in [0.1, 0.15) is 80.1 Å². The van der Waals surface area contributed by atoms with Gasteiger partial charge in [-0.3, -0.25) is 14.6 Å². The van der Waals surface area contributed by atoms with Gasteiger partial charge in [0.15, 0.2) is 0 Å². The lowest BCUT2D eigenvalue weighted by Gasteiger charge is -2.39. The molecule has 2 amide bonds. The minimum atomic E-state index is -0.849. The molecule has 8 nitrogen and oxygen atoms in total. The molecule has 43 heavy (non-hydrogen) atoms. The molecule has 0 saturated carbocycles. The van der Waals surface area contributed by atoms with Crippen LogP contribution in [-0.2, 0) is 10.2 Å². The van der Waals surface area contributed by atoms with Crippen molar-refractivity contribution < 1.29 is 18.7 Å². The van der Waals surface area contributed by atoms with E-state index in [2.05, 4.69) is 56.6 Å². The Morgan fingerprint density at radius 2 is 1.98 bits per heavy atom. The van der Waals surface area contributed by atoms with Crippen LogP contribution in [0.3, 0.4) is 0 Å². The van der Waals surface area contributed by atoms with Crippen LogP contribution < -0.4 is 26.4 Å². The maximum Gasteiger partial charge on any atom is 0.248 e. The Hall–Kier alpha value is -3.69. The number of halogens is 2. The number of nitrogens with two attached hydrogens (primary N) is 1. The smallest absolute Gasteiger partial charge is 0.248 e. The van der Waals surface area contributed by atoms with Gasteiger partial charge >= 0.3 is 0 Å². The van der Waals surface area contributed by atoms with E-state index in [1.165, 1.54) is 25.3 Å². The molecule has 3 aromatic rings. The molecule has 0 unspecified atom stereocenters. The third-order valence-corrected chi connectivity index (χ3v) is 8.93. The molecule has 228 valence electrons. The van der Waals surface area contributed by atoms with Gasteiger partial charge in [-0.1, -0.05) is 58.4 Å². The van der Waals surface area contributed by atoms with Gasteiger partial charge in [0.05, 0.1) is 23.9 Å². The molecule has 10 heteroatoms. The molecule has 1 saturated heterocycles.